The van der Waals surface area contributed by atoms with Gasteiger partial charge in [-0.15, -0.1) is 0 Å². The summed E-state index contributed by atoms with van der Waals surface area (Å²) in [7, 11) is -3.47. The summed E-state index contributed by atoms with van der Waals surface area (Å²) < 4.78 is 69.8. The van der Waals surface area contributed by atoms with E-state index >= 15 is 0 Å². The van der Waals surface area contributed by atoms with Crippen LogP contribution in [0.1, 0.15) is 24.0 Å². The molecule has 5 nitrogen and oxygen atoms in total. The molecule has 0 atom stereocenters. The minimum absolute atomic E-state index is 0.0323. The number of hydrogen-bond acceptors (Lipinski definition) is 4. The molecule has 9 heteroatoms. The maximum absolute atomic E-state index is 12.4. The van der Waals surface area contributed by atoms with E-state index in [1.165, 1.54) is 4.90 Å². The van der Waals surface area contributed by atoms with Gasteiger partial charge in [-0.05, 0) is 49.5 Å². The van der Waals surface area contributed by atoms with Crippen molar-refractivity contribution in [3.8, 4) is 5.75 Å². The lowest BCUT2D eigenvalue weighted by atomic mass is 10.1. The van der Waals surface area contributed by atoms with E-state index < -0.39 is 22.7 Å². The number of piperidine rings is 1. The van der Waals surface area contributed by atoms with Crippen LogP contribution in [0.25, 0.3) is 0 Å². The molecule has 146 valence electrons. The summed E-state index contributed by atoms with van der Waals surface area (Å²) in [6, 6.07) is 5.43. The molecule has 1 aromatic carbocycles. The Bertz CT molecular complexity index is 729. The van der Waals surface area contributed by atoms with Crippen molar-refractivity contribution in [2.24, 2.45) is 0 Å². The fraction of sp³-hybridized carbons (Fsp3) is 0.647. The van der Waals surface area contributed by atoms with Gasteiger partial charge in [0.25, 0.3) is 0 Å². The molecule has 2 aliphatic heterocycles. The lowest BCUT2D eigenvalue weighted by molar-refractivity contribution is -0.148. The van der Waals surface area contributed by atoms with Gasteiger partial charge in [-0.25, -0.2) is 13.1 Å². The molecule has 26 heavy (non-hydrogen) atoms. The highest BCUT2D eigenvalue weighted by Gasteiger charge is 2.33. The second-order valence-corrected chi connectivity index (χ2v) is 8.77. The molecule has 2 aliphatic rings. The van der Waals surface area contributed by atoms with Crippen molar-refractivity contribution in [3.05, 3.63) is 29.3 Å². The van der Waals surface area contributed by atoms with Gasteiger partial charge >= 0.3 is 6.18 Å². The predicted octanol–water partition coefficient (Wildman–Crippen LogP) is 2.11. The van der Waals surface area contributed by atoms with Gasteiger partial charge in [-0.3, -0.25) is 4.90 Å². The first-order valence-corrected chi connectivity index (χ1v) is 10.4. The molecule has 0 unspecified atom stereocenters. The average Bonchev–Trinajstić information content (AvgIpc) is 3.01. The Morgan fingerprint density at radius 2 is 1.96 bits per heavy atom. The van der Waals surface area contributed by atoms with Crippen molar-refractivity contribution >= 4 is 10.0 Å². The third kappa shape index (κ3) is 5.59. The molecule has 1 N–H and O–H groups in total. The fourth-order valence-corrected chi connectivity index (χ4v) is 4.79. The van der Waals surface area contributed by atoms with Crippen LogP contribution in [-0.2, 0) is 22.9 Å². The molecule has 0 aliphatic carbocycles. The minimum atomic E-state index is -4.22. The minimum Gasteiger partial charge on any atom is -0.493 e. The van der Waals surface area contributed by atoms with E-state index in [-0.39, 0.29) is 24.9 Å². The third-order valence-electron chi connectivity index (χ3n) is 4.75. The van der Waals surface area contributed by atoms with Gasteiger partial charge < -0.3 is 4.74 Å². The van der Waals surface area contributed by atoms with E-state index in [0.29, 0.717) is 25.9 Å². The fourth-order valence-electron chi connectivity index (χ4n) is 3.42. The number of likely N-dealkylation sites (tertiary alicyclic amines) is 1. The number of rotatable bonds is 6. The number of nitrogens with zero attached hydrogens (tertiary/aromatic N) is 1. The second-order valence-electron chi connectivity index (χ2n) is 6.89. The van der Waals surface area contributed by atoms with E-state index in [1.54, 1.807) is 0 Å². The normalized spacial score (nSPS) is 19.3. The van der Waals surface area contributed by atoms with Crippen molar-refractivity contribution in [2.75, 3.05) is 32.0 Å². The van der Waals surface area contributed by atoms with Crippen LogP contribution < -0.4 is 9.46 Å². The Balaban J connectivity index is 1.46. The molecule has 0 amide bonds. The van der Waals surface area contributed by atoms with Crippen LogP contribution in [0.4, 0.5) is 13.2 Å². The lowest BCUT2D eigenvalue weighted by Gasteiger charge is -2.32. The Labute approximate surface area is 151 Å². The van der Waals surface area contributed by atoms with Gasteiger partial charge in [0.1, 0.15) is 5.75 Å². The van der Waals surface area contributed by atoms with E-state index in [9.17, 15) is 21.6 Å². The molecule has 0 saturated carbocycles. The van der Waals surface area contributed by atoms with Gasteiger partial charge in [-0.2, -0.15) is 13.2 Å². The molecular weight excluding hydrogens is 369 g/mol. The molecule has 2 heterocycles. The van der Waals surface area contributed by atoms with Gasteiger partial charge in [0, 0.05) is 12.5 Å². The number of alkyl halides is 3. The highest BCUT2D eigenvalue weighted by atomic mass is 32.2. The Morgan fingerprint density at radius 1 is 1.23 bits per heavy atom. The first-order valence-electron chi connectivity index (χ1n) is 8.74. The zero-order valence-electron chi connectivity index (χ0n) is 14.4. The summed E-state index contributed by atoms with van der Waals surface area (Å²) in [6.07, 6.45) is -2.19. The van der Waals surface area contributed by atoms with E-state index in [4.69, 9.17) is 4.74 Å². The van der Waals surface area contributed by atoms with Crippen LogP contribution in [0.3, 0.4) is 0 Å². The molecule has 0 aromatic heterocycles. The number of fused-ring (bicyclic) bond motifs is 1. The molecule has 1 fully saturated rings. The molecule has 1 aromatic rings. The van der Waals surface area contributed by atoms with Crippen LogP contribution in [-0.4, -0.2) is 57.5 Å². The maximum atomic E-state index is 12.4. The van der Waals surface area contributed by atoms with E-state index in [0.717, 1.165) is 23.3 Å². The SMILES string of the molecule is O=S(=O)(CCc1ccc2c(c1)CCO2)NC1CCN(CC(F)(F)F)CC1. The smallest absolute Gasteiger partial charge is 0.401 e. The van der Waals surface area contributed by atoms with Gasteiger partial charge in [0.05, 0.1) is 18.9 Å². The predicted molar refractivity (Wildman–Crippen MR) is 91.8 cm³/mol. The summed E-state index contributed by atoms with van der Waals surface area (Å²) in [6.45, 7) is 0.217. The summed E-state index contributed by atoms with van der Waals surface area (Å²) >= 11 is 0. The maximum Gasteiger partial charge on any atom is 0.401 e. The van der Waals surface area contributed by atoms with E-state index in [2.05, 4.69) is 4.72 Å². The van der Waals surface area contributed by atoms with Crippen LogP contribution >= 0.6 is 0 Å². The second kappa shape index (κ2) is 7.74. The Hall–Kier alpha value is -1.32. The molecular formula is C17H23F3N2O3S. The van der Waals surface area contributed by atoms with Crippen molar-refractivity contribution in [3.63, 3.8) is 0 Å². The number of ether oxygens (including phenoxy) is 1. The zero-order valence-corrected chi connectivity index (χ0v) is 15.2. The van der Waals surface area contributed by atoms with Gasteiger partial charge in [0.15, 0.2) is 0 Å². The largest absolute Gasteiger partial charge is 0.493 e. The summed E-state index contributed by atoms with van der Waals surface area (Å²) in [4.78, 5) is 1.32. The van der Waals surface area contributed by atoms with Crippen LogP contribution in [0.2, 0.25) is 0 Å². The standard InChI is InChI=1S/C17H23F3N2O3S/c18-17(19,20)12-22-7-3-15(4-8-22)21-26(23,24)10-6-13-1-2-16-14(11-13)5-9-25-16/h1-2,11,15,21H,3-10,12H2. The number of nitrogens with one attached hydrogen (secondary N) is 1. The number of aryl methyl sites for hydroxylation is 1. The summed E-state index contributed by atoms with van der Waals surface area (Å²) in [5, 5.41) is 0. The van der Waals surface area contributed by atoms with Crippen LogP contribution in [0.5, 0.6) is 5.75 Å². The first-order chi connectivity index (χ1) is 12.2. The molecule has 0 spiro atoms. The van der Waals surface area contributed by atoms with Gasteiger partial charge in [0.2, 0.25) is 10.0 Å². The number of hydrogen-bond donors (Lipinski definition) is 1. The van der Waals surface area contributed by atoms with Crippen molar-refractivity contribution in [1.29, 1.82) is 0 Å². The lowest BCUT2D eigenvalue weighted by Crippen LogP contribution is -2.47. The highest BCUT2D eigenvalue weighted by Crippen LogP contribution is 2.26. The quantitative estimate of drug-likeness (QED) is 0.806. The van der Waals surface area contributed by atoms with Crippen molar-refractivity contribution in [2.45, 2.75) is 37.9 Å². The third-order valence-corrected chi connectivity index (χ3v) is 6.18. The van der Waals surface area contributed by atoms with Crippen molar-refractivity contribution < 1.29 is 26.3 Å². The Kier molecular flexibility index (Phi) is 5.78. The Morgan fingerprint density at radius 3 is 2.65 bits per heavy atom. The monoisotopic (exact) mass is 392 g/mol. The van der Waals surface area contributed by atoms with Crippen LogP contribution in [0.15, 0.2) is 18.2 Å². The topological polar surface area (TPSA) is 58.6 Å². The highest BCUT2D eigenvalue weighted by molar-refractivity contribution is 7.89. The summed E-state index contributed by atoms with van der Waals surface area (Å²) in [5.41, 5.74) is 2.05. The first kappa shape index (κ1) is 19.4. The molecule has 0 radical (unpaired) electrons. The number of sulfonamides is 1. The van der Waals surface area contributed by atoms with Crippen molar-refractivity contribution in [1.82, 2.24) is 9.62 Å². The average molecular weight is 392 g/mol. The number of halogens is 3. The number of benzene rings is 1. The summed E-state index contributed by atoms with van der Waals surface area (Å²) in [5.74, 6) is 0.829. The molecule has 0 bridgehead atoms. The van der Waals surface area contributed by atoms with Gasteiger partial charge in [-0.1, -0.05) is 12.1 Å². The van der Waals surface area contributed by atoms with Crippen LogP contribution in [0, 0.1) is 0 Å². The van der Waals surface area contributed by atoms with E-state index in [1.807, 2.05) is 18.2 Å². The zero-order chi connectivity index (χ0) is 18.8. The molecule has 1 saturated heterocycles. The molecule has 3 rings (SSSR count).